The van der Waals surface area contributed by atoms with E-state index in [1.807, 2.05) is 0 Å². The molecule has 0 bridgehead atoms. The number of halogens is 3. The van der Waals surface area contributed by atoms with Crippen molar-refractivity contribution in [2.75, 3.05) is 0 Å². The van der Waals surface area contributed by atoms with Gasteiger partial charge in [0.2, 0.25) is 0 Å². The monoisotopic (exact) mass is 260 g/mol. The van der Waals surface area contributed by atoms with Gasteiger partial charge in [-0.3, -0.25) is 0 Å². The molecule has 0 fully saturated rings. The summed E-state index contributed by atoms with van der Waals surface area (Å²) in [6.07, 6.45) is 0. The van der Waals surface area contributed by atoms with Crippen LogP contribution in [0.5, 0.6) is 5.75 Å². The van der Waals surface area contributed by atoms with E-state index < -0.39 is 9.05 Å². The fourth-order valence-corrected chi connectivity index (χ4v) is 2.08. The quantitative estimate of drug-likeness (QED) is 0.791. The molecule has 0 saturated carbocycles. The van der Waals surface area contributed by atoms with Crippen LogP contribution in [-0.4, -0.2) is 13.5 Å². The minimum absolute atomic E-state index is 0.160. The van der Waals surface area contributed by atoms with Crippen molar-refractivity contribution >= 4 is 42.9 Å². The third-order valence-electron chi connectivity index (χ3n) is 1.27. The van der Waals surface area contributed by atoms with E-state index in [1.165, 1.54) is 0 Å². The van der Waals surface area contributed by atoms with Crippen LogP contribution in [0.1, 0.15) is 0 Å². The molecular weight excluding hydrogens is 258 g/mol. The Labute approximate surface area is 89.3 Å². The summed E-state index contributed by atoms with van der Waals surface area (Å²) in [7, 11) is 1.16. The molecule has 7 heteroatoms. The molecule has 1 aromatic carbocycles. The lowest BCUT2D eigenvalue weighted by molar-refractivity contribution is 0.475. The van der Waals surface area contributed by atoms with Crippen LogP contribution >= 0.6 is 33.9 Å². The van der Waals surface area contributed by atoms with Crippen LogP contribution in [0.15, 0.2) is 17.0 Å². The largest absolute Gasteiger partial charge is 0.505 e. The van der Waals surface area contributed by atoms with Crippen LogP contribution in [0.3, 0.4) is 0 Å². The molecular formula is C6H3Cl3O3S. The molecule has 1 rings (SSSR count). The Hall–Kier alpha value is -0.160. The molecule has 0 aliphatic carbocycles. The van der Waals surface area contributed by atoms with Gasteiger partial charge in [-0.1, -0.05) is 23.2 Å². The van der Waals surface area contributed by atoms with E-state index in [4.69, 9.17) is 39.0 Å². The Morgan fingerprint density at radius 2 is 1.54 bits per heavy atom. The van der Waals surface area contributed by atoms with Crippen molar-refractivity contribution < 1.29 is 13.5 Å². The maximum Gasteiger partial charge on any atom is 0.261 e. The van der Waals surface area contributed by atoms with Gasteiger partial charge in [0.05, 0.1) is 14.9 Å². The second-order valence-corrected chi connectivity index (χ2v) is 5.55. The van der Waals surface area contributed by atoms with Gasteiger partial charge in [0.1, 0.15) is 0 Å². The molecule has 0 unspecified atom stereocenters. The first-order chi connectivity index (χ1) is 5.82. The number of phenols is 1. The lowest BCUT2D eigenvalue weighted by Gasteiger charge is -2.01. The van der Waals surface area contributed by atoms with Gasteiger partial charge in [0, 0.05) is 10.7 Å². The Morgan fingerprint density at radius 1 is 1.15 bits per heavy atom. The summed E-state index contributed by atoms with van der Waals surface area (Å²) in [5.41, 5.74) is 0. The van der Waals surface area contributed by atoms with Gasteiger partial charge in [-0.15, -0.1) is 0 Å². The van der Waals surface area contributed by atoms with Gasteiger partial charge in [0.25, 0.3) is 9.05 Å². The zero-order valence-corrected chi connectivity index (χ0v) is 9.04. The molecule has 1 N–H and O–H groups in total. The summed E-state index contributed by atoms with van der Waals surface area (Å²) >= 11 is 10.9. The first-order valence-corrected chi connectivity index (χ1v) is 6.01. The average molecular weight is 262 g/mol. The highest BCUT2D eigenvalue weighted by molar-refractivity contribution is 8.13. The molecule has 0 aliphatic heterocycles. The van der Waals surface area contributed by atoms with E-state index in [0.717, 1.165) is 12.1 Å². The Morgan fingerprint density at radius 3 is 1.85 bits per heavy atom. The summed E-state index contributed by atoms with van der Waals surface area (Å²) in [4.78, 5) is -0.248. The van der Waals surface area contributed by atoms with E-state index in [0.29, 0.717) is 0 Å². The van der Waals surface area contributed by atoms with Crippen molar-refractivity contribution in [3.8, 4) is 5.75 Å². The van der Waals surface area contributed by atoms with Gasteiger partial charge < -0.3 is 5.11 Å². The first kappa shape index (κ1) is 10.9. The lowest BCUT2D eigenvalue weighted by Crippen LogP contribution is -1.90. The van der Waals surface area contributed by atoms with Gasteiger partial charge >= 0.3 is 0 Å². The van der Waals surface area contributed by atoms with Gasteiger partial charge in [0.15, 0.2) is 5.75 Å². The highest BCUT2D eigenvalue weighted by Crippen LogP contribution is 2.34. The van der Waals surface area contributed by atoms with E-state index in [-0.39, 0.29) is 20.7 Å². The summed E-state index contributed by atoms with van der Waals surface area (Å²) < 4.78 is 21.6. The van der Waals surface area contributed by atoms with Crippen LogP contribution in [-0.2, 0) is 9.05 Å². The summed E-state index contributed by atoms with van der Waals surface area (Å²) in [5, 5.41) is 8.77. The molecule has 0 amide bonds. The lowest BCUT2D eigenvalue weighted by atomic mass is 10.3. The number of benzene rings is 1. The Bertz CT molecular complexity index is 417. The zero-order valence-electron chi connectivity index (χ0n) is 5.96. The summed E-state index contributed by atoms with van der Waals surface area (Å²) in [5.74, 6) is -0.368. The predicted octanol–water partition coefficient (Wildman–Crippen LogP) is 2.63. The predicted molar refractivity (Wildman–Crippen MR) is 51.2 cm³/mol. The molecule has 0 spiro atoms. The SMILES string of the molecule is O=S(=O)(Cl)c1cc(Cl)c(O)c(Cl)c1. The van der Waals surface area contributed by atoms with Crippen LogP contribution in [0.2, 0.25) is 10.0 Å². The van der Waals surface area contributed by atoms with Crippen LogP contribution < -0.4 is 0 Å². The molecule has 13 heavy (non-hydrogen) atoms. The molecule has 0 atom stereocenters. The Kier molecular flexibility index (Phi) is 2.97. The van der Waals surface area contributed by atoms with Crippen LogP contribution in [0.4, 0.5) is 0 Å². The molecule has 0 saturated heterocycles. The molecule has 0 radical (unpaired) electrons. The third kappa shape index (κ3) is 2.40. The third-order valence-corrected chi connectivity index (χ3v) is 3.18. The van der Waals surface area contributed by atoms with E-state index >= 15 is 0 Å². The van der Waals surface area contributed by atoms with E-state index in [2.05, 4.69) is 0 Å². The normalized spacial score (nSPS) is 11.6. The van der Waals surface area contributed by atoms with Crippen molar-refractivity contribution in [2.45, 2.75) is 4.90 Å². The summed E-state index contributed by atoms with van der Waals surface area (Å²) in [6.45, 7) is 0. The molecule has 1 aromatic rings. The number of rotatable bonds is 1. The smallest absolute Gasteiger partial charge is 0.261 e. The van der Waals surface area contributed by atoms with Crippen molar-refractivity contribution in [2.24, 2.45) is 0 Å². The fraction of sp³-hybridized carbons (Fsp3) is 0. The van der Waals surface area contributed by atoms with Gasteiger partial charge in [-0.25, -0.2) is 8.42 Å². The average Bonchev–Trinajstić information content (AvgIpc) is 1.97. The second kappa shape index (κ2) is 3.53. The van der Waals surface area contributed by atoms with E-state index in [1.54, 1.807) is 0 Å². The highest BCUT2D eigenvalue weighted by Gasteiger charge is 2.15. The molecule has 3 nitrogen and oxygen atoms in total. The standard InChI is InChI=1S/C6H3Cl3O3S/c7-4-1-3(13(9,11)12)2-5(8)6(4)10/h1-2,10H. The van der Waals surface area contributed by atoms with Crippen molar-refractivity contribution in [3.63, 3.8) is 0 Å². The maximum absolute atomic E-state index is 10.8. The first-order valence-electron chi connectivity index (χ1n) is 2.95. The van der Waals surface area contributed by atoms with E-state index in [9.17, 15) is 8.42 Å². The summed E-state index contributed by atoms with van der Waals surface area (Å²) in [6, 6.07) is 2.04. The van der Waals surface area contributed by atoms with Gasteiger partial charge in [-0.05, 0) is 12.1 Å². The topological polar surface area (TPSA) is 54.4 Å². The fourth-order valence-electron chi connectivity index (χ4n) is 0.683. The molecule has 0 aliphatic rings. The Balaban J connectivity index is 3.47. The van der Waals surface area contributed by atoms with Crippen molar-refractivity contribution in [1.82, 2.24) is 0 Å². The van der Waals surface area contributed by atoms with Crippen LogP contribution in [0, 0.1) is 0 Å². The number of phenolic OH excluding ortho intramolecular Hbond substituents is 1. The molecule has 0 heterocycles. The van der Waals surface area contributed by atoms with Crippen molar-refractivity contribution in [1.29, 1.82) is 0 Å². The minimum Gasteiger partial charge on any atom is -0.505 e. The maximum atomic E-state index is 10.8. The van der Waals surface area contributed by atoms with Crippen LogP contribution in [0.25, 0.3) is 0 Å². The second-order valence-electron chi connectivity index (χ2n) is 2.17. The molecule has 72 valence electrons. The number of hydrogen-bond donors (Lipinski definition) is 1. The highest BCUT2D eigenvalue weighted by atomic mass is 35.7. The zero-order chi connectivity index (χ0) is 10.2. The number of aromatic hydroxyl groups is 1. The molecule has 0 aromatic heterocycles. The van der Waals surface area contributed by atoms with Crippen molar-refractivity contribution in [3.05, 3.63) is 22.2 Å². The number of hydrogen-bond acceptors (Lipinski definition) is 3. The van der Waals surface area contributed by atoms with Gasteiger partial charge in [-0.2, -0.15) is 0 Å². The minimum atomic E-state index is -3.87.